The summed E-state index contributed by atoms with van der Waals surface area (Å²) >= 11 is 5.83. The Bertz CT molecular complexity index is 1150. The highest BCUT2D eigenvalue weighted by molar-refractivity contribution is 6.31. The Balaban J connectivity index is 1.68. The van der Waals surface area contributed by atoms with Crippen molar-refractivity contribution in [1.29, 1.82) is 0 Å². The summed E-state index contributed by atoms with van der Waals surface area (Å²) in [6.07, 6.45) is 3.79. The van der Waals surface area contributed by atoms with Gasteiger partial charge in [-0.2, -0.15) is 0 Å². The molecule has 0 bridgehead atoms. The second-order valence-electron chi connectivity index (χ2n) is 8.28. The number of hydrogen-bond acceptors (Lipinski definition) is 3. The summed E-state index contributed by atoms with van der Waals surface area (Å²) < 4.78 is 29.5. The highest BCUT2D eigenvalue weighted by Gasteiger charge is 2.22. The van der Waals surface area contributed by atoms with Crippen molar-refractivity contribution in [1.82, 2.24) is 14.5 Å². The fourth-order valence-corrected chi connectivity index (χ4v) is 4.36. The molecular formula is C23H24ClF2N3O. The van der Waals surface area contributed by atoms with Gasteiger partial charge in [0.15, 0.2) is 0 Å². The van der Waals surface area contributed by atoms with E-state index in [2.05, 4.69) is 23.7 Å². The van der Waals surface area contributed by atoms with Gasteiger partial charge in [-0.15, -0.1) is 0 Å². The monoisotopic (exact) mass is 431 g/mol. The van der Waals surface area contributed by atoms with Gasteiger partial charge in [0.2, 0.25) is 0 Å². The molecule has 4 nitrogen and oxygen atoms in total. The van der Waals surface area contributed by atoms with Crippen molar-refractivity contribution in [3.05, 3.63) is 63.7 Å². The van der Waals surface area contributed by atoms with E-state index in [-0.39, 0.29) is 16.1 Å². The van der Waals surface area contributed by atoms with Crippen LogP contribution in [0.1, 0.15) is 26.7 Å². The molecule has 1 aliphatic heterocycles. The Hall–Kier alpha value is -2.31. The van der Waals surface area contributed by atoms with Crippen LogP contribution in [0.3, 0.4) is 0 Å². The lowest BCUT2D eigenvalue weighted by Gasteiger charge is -2.35. The van der Waals surface area contributed by atoms with Crippen molar-refractivity contribution in [2.45, 2.75) is 39.3 Å². The first kappa shape index (κ1) is 20.9. The predicted molar refractivity (Wildman–Crippen MR) is 116 cm³/mol. The summed E-state index contributed by atoms with van der Waals surface area (Å²) in [6, 6.07) is 7.42. The Morgan fingerprint density at radius 2 is 2.00 bits per heavy atom. The van der Waals surface area contributed by atoms with Gasteiger partial charge in [-0.05, 0) is 62.9 Å². The number of nitrogens with zero attached hydrogens (tertiary/aromatic N) is 3. The van der Waals surface area contributed by atoms with Crippen molar-refractivity contribution in [2.75, 3.05) is 13.1 Å². The minimum atomic E-state index is -0.814. The van der Waals surface area contributed by atoms with Gasteiger partial charge in [-0.1, -0.05) is 17.7 Å². The number of aromatic nitrogens is 2. The number of hydrogen-bond donors (Lipinski definition) is 0. The summed E-state index contributed by atoms with van der Waals surface area (Å²) in [6.45, 7) is 7.03. The molecule has 0 amide bonds. The zero-order valence-corrected chi connectivity index (χ0v) is 17.8. The average Bonchev–Trinajstić information content (AvgIpc) is 2.73. The van der Waals surface area contributed by atoms with E-state index in [9.17, 15) is 13.6 Å². The van der Waals surface area contributed by atoms with Gasteiger partial charge in [0.25, 0.3) is 5.56 Å². The van der Waals surface area contributed by atoms with E-state index < -0.39 is 11.6 Å². The maximum atomic E-state index is 14.3. The molecule has 0 N–H and O–H groups in total. The smallest absolute Gasteiger partial charge is 0.261 e. The molecule has 0 spiro atoms. The molecule has 1 atom stereocenters. The molecule has 158 valence electrons. The third kappa shape index (κ3) is 4.12. The summed E-state index contributed by atoms with van der Waals surface area (Å²) in [5.74, 6) is -1.16. The zero-order valence-electron chi connectivity index (χ0n) is 17.0. The van der Waals surface area contributed by atoms with Crippen molar-refractivity contribution >= 4 is 22.5 Å². The van der Waals surface area contributed by atoms with Gasteiger partial charge in [-0.25, -0.2) is 13.8 Å². The summed E-state index contributed by atoms with van der Waals surface area (Å²) in [7, 11) is 0. The molecule has 1 aliphatic rings. The molecular weight excluding hydrogens is 408 g/mol. The first-order valence-corrected chi connectivity index (χ1v) is 10.6. The van der Waals surface area contributed by atoms with Crippen molar-refractivity contribution in [3.63, 3.8) is 0 Å². The van der Waals surface area contributed by atoms with Gasteiger partial charge in [0, 0.05) is 30.8 Å². The second kappa shape index (κ2) is 8.44. The summed E-state index contributed by atoms with van der Waals surface area (Å²) in [5, 5.41) is 0.244. The first-order valence-electron chi connectivity index (χ1n) is 10.2. The molecule has 30 heavy (non-hydrogen) atoms. The standard InChI is InChI=1S/C23H24ClF2N3O/c1-14(2)28-7-3-4-15(11-28)12-29-13-27-22-6-5-16(8-18(22)23(29)30)17-9-19(24)21(26)10-20(17)25/h5-6,8-10,13-15H,3-4,7,11-12H2,1-2H3/t15-/m0/s1. The molecule has 4 rings (SSSR count). The quantitative estimate of drug-likeness (QED) is 0.538. The predicted octanol–water partition coefficient (Wildman–Crippen LogP) is 5.12. The number of rotatable bonds is 4. The average molecular weight is 432 g/mol. The molecule has 0 unspecified atom stereocenters. The van der Waals surface area contributed by atoms with Crippen LogP contribution in [-0.4, -0.2) is 33.6 Å². The fraction of sp³-hybridized carbons (Fsp3) is 0.391. The van der Waals surface area contributed by atoms with Crippen LogP contribution in [0.4, 0.5) is 8.78 Å². The SMILES string of the molecule is CC(C)N1CCC[C@H](Cn2cnc3ccc(-c4cc(Cl)c(F)cc4F)cc3c2=O)C1. The van der Waals surface area contributed by atoms with E-state index in [4.69, 9.17) is 11.6 Å². The van der Waals surface area contributed by atoms with Crippen LogP contribution in [0.2, 0.25) is 5.02 Å². The molecule has 7 heteroatoms. The van der Waals surface area contributed by atoms with Crippen LogP contribution >= 0.6 is 11.6 Å². The lowest BCUT2D eigenvalue weighted by Crippen LogP contribution is -2.42. The maximum absolute atomic E-state index is 14.3. The molecule has 2 aromatic carbocycles. The largest absolute Gasteiger partial charge is 0.301 e. The molecule has 0 radical (unpaired) electrons. The van der Waals surface area contributed by atoms with Gasteiger partial charge >= 0.3 is 0 Å². The van der Waals surface area contributed by atoms with Crippen LogP contribution in [0.5, 0.6) is 0 Å². The normalized spacial score (nSPS) is 17.7. The lowest BCUT2D eigenvalue weighted by molar-refractivity contribution is 0.130. The first-order chi connectivity index (χ1) is 14.3. The number of benzene rings is 2. The highest BCUT2D eigenvalue weighted by Crippen LogP contribution is 2.29. The van der Waals surface area contributed by atoms with E-state index in [1.54, 1.807) is 29.1 Å². The third-order valence-corrected chi connectivity index (χ3v) is 6.17. The van der Waals surface area contributed by atoms with Crippen molar-refractivity contribution in [3.8, 4) is 11.1 Å². The van der Waals surface area contributed by atoms with E-state index in [1.807, 2.05) is 0 Å². The van der Waals surface area contributed by atoms with Crippen LogP contribution in [0.15, 0.2) is 41.5 Å². The summed E-state index contributed by atoms with van der Waals surface area (Å²) in [4.78, 5) is 20.0. The van der Waals surface area contributed by atoms with Crippen LogP contribution in [0.25, 0.3) is 22.0 Å². The zero-order chi connectivity index (χ0) is 21.4. The van der Waals surface area contributed by atoms with Gasteiger partial charge in [0.05, 0.1) is 22.3 Å². The van der Waals surface area contributed by atoms with E-state index in [0.29, 0.717) is 35.0 Å². The van der Waals surface area contributed by atoms with Crippen molar-refractivity contribution < 1.29 is 8.78 Å². The van der Waals surface area contributed by atoms with E-state index >= 15 is 0 Å². The molecule has 2 heterocycles. The molecule has 1 saturated heterocycles. The van der Waals surface area contributed by atoms with Gasteiger partial charge < -0.3 is 4.90 Å². The number of likely N-dealkylation sites (tertiary alicyclic amines) is 1. The van der Waals surface area contributed by atoms with Crippen LogP contribution in [0, 0.1) is 17.6 Å². The Morgan fingerprint density at radius 1 is 1.20 bits per heavy atom. The number of piperidine rings is 1. The van der Waals surface area contributed by atoms with Gasteiger partial charge in [-0.3, -0.25) is 9.36 Å². The molecule has 1 fully saturated rings. The highest BCUT2D eigenvalue weighted by atomic mass is 35.5. The van der Waals surface area contributed by atoms with E-state index in [0.717, 1.165) is 32.0 Å². The Labute approximate surface area is 179 Å². The summed E-state index contributed by atoms with van der Waals surface area (Å²) in [5.41, 5.74) is 0.998. The fourth-order valence-electron chi connectivity index (χ4n) is 4.19. The topological polar surface area (TPSA) is 38.1 Å². The molecule has 3 aromatic rings. The minimum absolute atomic E-state index is 0.151. The Kier molecular flexibility index (Phi) is 5.89. The van der Waals surface area contributed by atoms with Gasteiger partial charge in [0.1, 0.15) is 11.6 Å². The van der Waals surface area contributed by atoms with Crippen LogP contribution in [-0.2, 0) is 6.54 Å². The number of halogens is 3. The molecule has 0 saturated carbocycles. The Morgan fingerprint density at radius 3 is 2.77 bits per heavy atom. The third-order valence-electron chi connectivity index (χ3n) is 5.88. The number of fused-ring (bicyclic) bond motifs is 1. The van der Waals surface area contributed by atoms with Crippen LogP contribution < -0.4 is 5.56 Å². The lowest BCUT2D eigenvalue weighted by atomic mass is 9.97. The molecule has 0 aliphatic carbocycles. The minimum Gasteiger partial charge on any atom is -0.301 e. The molecule has 1 aromatic heterocycles. The maximum Gasteiger partial charge on any atom is 0.261 e. The van der Waals surface area contributed by atoms with Crippen molar-refractivity contribution in [2.24, 2.45) is 5.92 Å². The second-order valence-corrected chi connectivity index (χ2v) is 8.68. The van der Waals surface area contributed by atoms with E-state index in [1.165, 1.54) is 6.07 Å².